The maximum absolute atomic E-state index is 12.2. The van der Waals surface area contributed by atoms with E-state index in [-0.39, 0.29) is 34.4 Å². The number of hydrogen-bond donors (Lipinski definition) is 1. The molecule has 1 N–H and O–H groups in total. The van der Waals surface area contributed by atoms with E-state index in [0.717, 1.165) is 25.7 Å². The Hall–Kier alpha value is -1.19. The van der Waals surface area contributed by atoms with E-state index in [1.807, 2.05) is 0 Å². The molecule has 0 bridgehead atoms. The third-order valence-electron chi connectivity index (χ3n) is 9.66. The van der Waals surface area contributed by atoms with Crippen molar-refractivity contribution in [2.75, 3.05) is 7.11 Å². The molecule has 0 heterocycles. The zero-order valence-electron chi connectivity index (χ0n) is 17.3. The van der Waals surface area contributed by atoms with E-state index < -0.39 is 0 Å². The minimum Gasteiger partial charge on any atom is -0.469 e. The van der Waals surface area contributed by atoms with Gasteiger partial charge in [-0.3, -0.25) is 9.59 Å². The van der Waals surface area contributed by atoms with Crippen molar-refractivity contribution >= 4 is 17.5 Å². The predicted octanol–water partition coefficient (Wildman–Crippen LogP) is 4.65. The highest BCUT2D eigenvalue weighted by Crippen LogP contribution is 2.67. The molecule has 0 radical (unpaired) electrons. The van der Waals surface area contributed by atoms with Crippen molar-refractivity contribution in [3.05, 3.63) is 0 Å². The molecule has 4 aliphatic carbocycles. The second-order valence-electron chi connectivity index (χ2n) is 10.4. The molecule has 0 aliphatic heterocycles. The summed E-state index contributed by atoms with van der Waals surface area (Å²) in [6.07, 6.45) is 8.41. The molecule has 0 spiro atoms. The van der Waals surface area contributed by atoms with Gasteiger partial charge in [-0.15, -0.1) is 0 Å². The summed E-state index contributed by atoms with van der Waals surface area (Å²) in [4.78, 5) is 24.4. The number of ketones is 1. The lowest BCUT2D eigenvalue weighted by atomic mass is 9.44. The molecular formula is C23H35NO3. The van der Waals surface area contributed by atoms with Crippen LogP contribution in [0.25, 0.3) is 0 Å². The van der Waals surface area contributed by atoms with Gasteiger partial charge in [0.05, 0.1) is 18.7 Å². The summed E-state index contributed by atoms with van der Waals surface area (Å²) in [5, 5.41) is 8.39. The summed E-state index contributed by atoms with van der Waals surface area (Å²) in [6.45, 7) is 6.87. The molecule has 0 saturated heterocycles. The van der Waals surface area contributed by atoms with E-state index in [0.29, 0.717) is 35.8 Å². The van der Waals surface area contributed by atoms with E-state index >= 15 is 0 Å². The van der Waals surface area contributed by atoms with Crippen LogP contribution in [0.5, 0.6) is 0 Å². The van der Waals surface area contributed by atoms with Crippen LogP contribution in [0.4, 0.5) is 0 Å². The van der Waals surface area contributed by atoms with Gasteiger partial charge in [0.15, 0.2) is 5.78 Å². The van der Waals surface area contributed by atoms with Gasteiger partial charge in [-0.05, 0) is 79.4 Å². The van der Waals surface area contributed by atoms with Crippen molar-refractivity contribution in [2.24, 2.45) is 46.3 Å². The lowest BCUT2D eigenvalue weighted by molar-refractivity contribution is -0.150. The van der Waals surface area contributed by atoms with E-state index in [1.165, 1.54) is 26.4 Å². The minimum atomic E-state index is -0.0566. The first-order valence-electron chi connectivity index (χ1n) is 10.9. The first kappa shape index (κ1) is 19.1. The largest absolute Gasteiger partial charge is 0.469 e. The Balaban J connectivity index is 1.60. The molecule has 2 unspecified atom stereocenters. The molecule has 4 saturated carbocycles. The first-order valence-corrected chi connectivity index (χ1v) is 10.9. The van der Waals surface area contributed by atoms with Crippen molar-refractivity contribution in [3.63, 3.8) is 0 Å². The molecule has 0 aromatic carbocycles. The third-order valence-corrected chi connectivity index (χ3v) is 9.66. The van der Waals surface area contributed by atoms with Crippen molar-refractivity contribution < 1.29 is 14.3 Å². The number of nitrogens with one attached hydrogen (secondary N) is 1. The third kappa shape index (κ3) is 2.57. The number of carbonyl (C=O) groups excluding carboxylic acids is 2. The zero-order valence-corrected chi connectivity index (χ0v) is 17.3. The van der Waals surface area contributed by atoms with Crippen molar-refractivity contribution in [1.82, 2.24) is 0 Å². The molecule has 0 aromatic heterocycles. The molecule has 4 rings (SSSR count). The monoisotopic (exact) mass is 373 g/mol. The Morgan fingerprint density at radius 2 is 1.78 bits per heavy atom. The first-order chi connectivity index (χ1) is 12.7. The van der Waals surface area contributed by atoms with Gasteiger partial charge in [-0.1, -0.05) is 20.8 Å². The fraction of sp³-hybridized carbons (Fsp3) is 0.870. The van der Waals surface area contributed by atoms with Crippen LogP contribution in [0.2, 0.25) is 0 Å². The van der Waals surface area contributed by atoms with Gasteiger partial charge >= 0.3 is 5.97 Å². The van der Waals surface area contributed by atoms with Gasteiger partial charge in [0.2, 0.25) is 0 Å². The average Bonchev–Trinajstić information content (AvgIpc) is 3.01. The molecule has 8 atom stereocenters. The Morgan fingerprint density at radius 3 is 2.48 bits per heavy atom. The van der Waals surface area contributed by atoms with Gasteiger partial charge in [0.1, 0.15) is 0 Å². The smallest absolute Gasteiger partial charge is 0.308 e. The van der Waals surface area contributed by atoms with Crippen LogP contribution in [-0.2, 0) is 14.3 Å². The summed E-state index contributed by atoms with van der Waals surface area (Å²) in [5.41, 5.74) is 0.774. The second kappa shape index (κ2) is 6.42. The molecule has 4 heteroatoms. The molecule has 27 heavy (non-hydrogen) atoms. The fourth-order valence-corrected chi connectivity index (χ4v) is 8.21. The SMILES string of the molecule is COC(=O)C(C)[C@H]1CC[C@H]2[C@@H]3CCC4C(=N)C(=O)CC[C@]4(C)[C@H]3CC[C@]12C. The number of ether oxygens (including phenoxy) is 1. The van der Waals surface area contributed by atoms with E-state index in [4.69, 9.17) is 10.1 Å². The Morgan fingerprint density at radius 1 is 1.07 bits per heavy atom. The molecule has 4 nitrogen and oxygen atoms in total. The Kier molecular flexibility index (Phi) is 4.55. The van der Waals surface area contributed by atoms with Crippen LogP contribution in [0.3, 0.4) is 0 Å². The van der Waals surface area contributed by atoms with Crippen LogP contribution in [0.1, 0.15) is 72.1 Å². The van der Waals surface area contributed by atoms with Crippen molar-refractivity contribution in [1.29, 1.82) is 5.41 Å². The number of esters is 1. The number of carbonyl (C=O) groups is 2. The van der Waals surface area contributed by atoms with Crippen molar-refractivity contribution in [2.45, 2.75) is 72.1 Å². The summed E-state index contributed by atoms with van der Waals surface area (Å²) in [5.74, 6) is 2.62. The van der Waals surface area contributed by atoms with Crippen LogP contribution >= 0.6 is 0 Å². The van der Waals surface area contributed by atoms with Crippen LogP contribution < -0.4 is 0 Å². The highest BCUT2D eigenvalue weighted by atomic mass is 16.5. The Bertz CT molecular complexity index is 673. The van der Waals surface area contributed by atoms with Crippen LogP contribution in [0.15, 0.2) is 0 Å². The molecule has 0 aromatic rings. The Labute approximate surface area is 163 Å². The van der Waals surface area contributed by atoms with Crippen molar-refractivity contribution in [3.8, 4) is 0 Å². The molecule has 4 aliphatic rings. The minimum absolute atomic E-state index is 0.0195. The number of Topliss-reactive ketones (excluding diaryl/α,β-unsaturated/α-hetero) is 1. The van der Waals surface area contributed by atoms with Gasteiger partial charge in [0, 0.05) is 12.3 Å². The normalized spacial score (nSPS) is 47.6. The number of fused-ring (bicyclic) bond motifs is 5. The number of rotatable bonds is 2. The van der Waals surface area contributed by atoms with Crippen LogP contribution in [-0.4, -0.2) is 24.6 Å². The highest BCUT2D eigenvalue weighted by molar-refractivity contribution is 6.40. The molecule has 4 fully saturated rings. The number of methoxy groups -OCH3 is 1. The molecule has 150 valence electrons. The standard InChI is InChI=1S/C23H35NO3/c1-13(21(26)27-4)15-7-8-16-14-5-6-18-20(24)19(25)10-12-23(18,3)17(14)9-11-22(15,16)2/h13-18,24H,5-12H2,1-4H3/t13?,14-,15+,16-,17-,18?,22+,23+/m0/s1. The number of hydrogen-bond acceptors (Lipinski definition) is 4. The van der Waals surface area contributed by atoms with Gasteiger partial charge in [-0.2, -0.15) is 0 Å². The molecular weight excluding hydrogens is 338 g/mol. The average molecular weight is 374 g/mol. The van der Waals surface area contributed by atoms with Crippen LogP contribution in [0, 0.1) is 51.7 Å². The lowest BCUT2D eigenvalue weighted by Gasteiger charge is -2.60. The van der Waals surface area contributed by atoms with E-state index in [2.05, 4.69) is 20.8 Å². The summed E-state index contributed by atoms with van der Waals surface area (Å²) in [7, 11) is 1.51. The van der Waals surface area contributed by atoms with Gasteiger partial charge in [-0.25, -0.2) is 0 Å². The second-order valence-corrected chi connectivity index (χ2v) is 10.4. The van der Waals surface area contributed by atoms with Gasteiger partial charge in [0.25, 0.3) is 0 Å². The fourth-order valence-electron chi connectivity index (χ4n) is 8.21. The van der Waals surface area contributed by atoms with Gasteiger partial charge < -0.3 is 10.1 Å². The topological polar surface area (TPSA) is 67.2 Å². The van der Waals surface area contributed by atoms with E-state index in [9.17, 15) is 9.59 Å². The maximum Gasteiger partial charge on any atom is 0.308 e. The predicted molar refractivity (Wildman–Crippen MR) is 105 cm³/mol. The summed E-state index contributed by atoms with van der Waals surface area (Å²) in [6, 6.07) is 0. The molecule has 0 amide bonds. The highest BCUT2D eigenvalue weighted by Gasteiger charge is 2.62. The lowest BCUT2D eigenvalue weighted by Crippen LogP contribution is -2.56. The zero-order chi connectivity index (χ0) is 19.6. The summed E-state index contributed by atoms with van der Waals surface area (Å²) < 4.78 is 5.07. The van der Waals surface area contributed by atoms with E-state index in [1.54, 1.807) is 0 Å². The maximum atomic E-state index is 12.2. The quantitative estimate of drug-likeness (QED) is 0.716. The summed E-state index contributed by atoms with van der Waals surface area (Å²) >= 11 is 0.